The fourth-order valence-electron chi connectivity index (χ4n) is 1.48. The number of nitrogen functional groups attached to an aromatic ring is 1. The molecule has 0 atom stereocenters. The van der Waals surface area contributed by atoms with E-state index < -0.39 is 0 Å². The molecule has 0 saturated heterocycles. The standard InChI is InChI=1S/C11H21N3S/c1-4-15-6-5-10-11(12)14(8-13-10)7-9(2)3/h8-9H,4-7,12H2,1-3H3. The first kappa shape index (κ1) is 12.4. The smallest absolute Gasteiger partial charge is 0.126 e. The highest BCUT2D eigenvalue weighted by molar-refractivity contribution is 7.99. The summed E-state index contributed by atoms with van der Waals surface area (Å²) in [4.78, 5) is 4.37. The second-order valence-corrected chi connectivity index (χ2v) is 5.46. The molecule has 0 unspecified atom stereocenters. The number of imidazole rings is 1. The van der Waals surface area contributed by atoms with Crippen molar-refractivity contribution in [3.05, 3.63) is 12.0 Å². The summed E-state index contributed by atoms with van der Waals surface area (Å²) >= 11 is 1.93. The Morgan fingerprint density at radius 1 is 1.53 bits per heavy atom. The molecule has 86 valence electrons. The van der Waals surface area contributed by atoms with Gasteiger partial charge in [-0.15, -0.1) is 0 Å². The molecule has 1 heterocycles. The van der Waals surface area contributed by atoms with Crippen molar-refractivity contribution in [1.82, 2.24) is 9.55 Å². The van der Waals surface area contributed by atoms with Gasteiger partial charge in [-0.25, -0.2) is 4.98 Å². The van der Waals surface area contributed by atoms with Gasteiger partial charge in [0.05, 0.1) is 12.0 Å². The summed E-state index contributed by atoms with van der Waals surface area (Å²) in [6, 6.07) is 0. The second-order valence-electron chi connectivity index (χ2n) is 4.07. The number of nitrogens with two attached hydrogens (primary N) is 1. The van der Waals surface area contributed by atoms with Crippen LogP contribution in [0.1, 0.15) is 26.5 Å². The summed E-state index contributed by atoms with van der Waals surface area (Å²) in [5.41, 5.74) is 7.08. The molecular formula is C11H21N3S. The first-order valence-corrected chi connectivity index (χ1v) is 6.67. The fraction of sp³-hybridized carbons (Fsp3) is 0.727. The maximum Gasteiger partial charge on any atom is 0.126 e. The highest BCUT2D eigenvalue weighted by Crippen LogP contribution is 2.14. The van der Waals surface area contributed by atoms with Gasteiger partial charge >= 0.3 is 0 Å². The van der Waals surface area contributed by atoms with Crippen LogP contribution >= 0.6 is 11.8 Å². The topological polar surface area (TPSA) is 43.8 Å². The van der Waals surface area contributed by atoms with E-state index in [9.17, 15) is 0 Å². The van der Waals surface area contributed by atoms with E-state index in [-0.39, 0.29) is 0 Å². The highest BCUT2D eigenvalue weighted by atomic mass is 32.2. The summed E-state index contributed by atoms with van der Waals surface area (Å²) < 4.78 is 2.05. The van der Waals surface area contributed by atoms with E-state index in [1.165, 1.54) is 0 Å². The number of aryl methyl sites for hydroxylation is 1. The number of nitrogens with zero attached hydrogens (tertiary/aromatic N) is 2. The van der Waals surface area contributed by atoms with Crippen LogP contribution in [0.4, 0.5) is 5.82 Å². The zero-order valence-electron chi connectivity index (χ0n) is 9.86. The molecule has 0 aliphatic heterocycles. The Balaban J connectivity index is 2.55. The monoisotopic (exact) mass is 227 g/mol. The van der Waals surface area contributed by atoms with E-state index in [4.69, 9.17) is 5.73 Å². The van der Waals surface area contributed by atoms with E-state index in [0.29, 0.717) is 5.92 Å². The van der Waals surface area contributed by atoms with Crippen LogP contribution in [-0.2, 0) is 13.0 Å². The fourth-order valence-corrected chi connectivity index (χ4v) is 2.10. The largest absolute Gasteiger partial charge is 0.384 e. The third-order valence-electron chi connectivity index (χ3n) is 2.21. The van der Waals surface area contributed by atoms with E-state index in [1.54, 1.807) is 0 Å². The zero-order valence-corrected chi connectivity index (χ0v) is 10.7. The van der Waals surface area contributed by atoms with Crippen molar-refractivity contribution in [3.63, 3.8) is 0 Å². The van der Waals surface area contributed by atoms with E-state index >= 15 is 0 Å². The van der Waals surface area contributed by atoms with Crippen molar-refractivity contribution in [1.29, 1.82) is 0 Å². The average molecular weight is 227 g/mol. The Hall–Kier alpha value is -0.640. The number of anilines is 1. The van der Waals surface area contributed by atoms with Crippen molar-refractivity contribution in [2.75, 3.05) is 17.2 Å². The summed E-state index contributed by atoms with van der Waals surface area (Å²) in [7, 11) is 0. The summed E-state index contributed by atoms with van der Waals surface area (Å²) in [5.74, 6) is 3.73. The van der Waals surface area contributed by atoms with Gasteiger partial charge in [0.2, 0.25) is 0 Å². The number of hydrogen-bond donors (Lipinski definition) is 1. The Kier molecular flexibility index (Phi) is 5.02. The molecule has 0 bridgehead atoms. The van der Waals surface area contributed by atoms with Crippen LogP contribution in [-0.4, -0.2) is 21.1 Å². The SMILES string of the molecule is CCSCCc1ncn(CC(C)C)c1N. The van der Waals surface area contributed by atoms with Crippen molar-refractivity contribution in [2.45, 2.75) is 33.7 Å². The Bertz CT molecular complexity index is 294. The molecule has 0 fully saturated rings. The maximum absolute atomic E-state index is 6.03. The minimum absolute atomic E-state index is 0.611. The van der Waals surface area contributed by atoms with Crippen molar-refractivity contribution in [3.8, 4) is 0 Å². The lowest BCUT2D eigenvalue weighted by molar-refractivity contribution is 0.527. The van der Waals surface area contributed by atoms with E-state index in [2.05, 4.69) is 30.3 Å². The van der Waals surface area contributed by atoms with Gasteiger partial charge in [-0.1, -0.05) is 20.8 Å². The molecule has 0 aliphatic carbocycles. The van der Waals surface area contributed by atoms with Crippen LogP contribution in [0.3, 0.4) is 0 Å². The van der Waals surface area contributed by atoms with Gasteiger partial charge in [-0.2, -0.15) is 11.8 Å². The number of rotatable bonds is 6. The van der Waals surface area contributed by atoms with E-state index in [1.807, 2.05) is 18.1 Å². The summed E-state index contributed by atoms with van der Waals surface area (Å²) in [6.07, 6.45) is 2.84. The summed E-state index contributed by atoms with van der Waals surface area (Å²) in [5, 5.41) is 0. The molecule has 0 aromatic carbocycles. The lowest BCUT2D eigenvalue weighted by atomic mass is 10.2. The molecule has 0 aliphatic rings. The molecule has 2 N–H and O–H groups in total. The molecule has 15 heavy (non-hydrogen) atoms. The molecule has 0 saturated carbocycles. The first-order chi connectivity index (χ1) is 7.15. The van der Waals surface area contributed by atoms with Gasteiger partial charge in [0.1, 0.15) is 5.82 Å². The molecule has 0 spiro atoms. The van der Waals surface area contributed by atoms with Crippen LogP contribution in [0.15, 0.2) is 6.33 Å². The second kappa shape index (κ2) is 6.05. The van der Waals surface area contributed by atoms with Crippen LogP contribution in [0.5, 0.6) is 0 Å². The van der Waals surface area contributed by atoms with Crippen molar-refractivity contribution >= 4 is 17.6 Å². The van der Waals surface area contributed by atoms with Gasteiger partial charge in [0.25, 0.3) is 0 Å². The average Bonchev–Trinajstić information content (AvgIpc) is 2.49. The number of thioether (sulfide) groups is 1. The molecule has 0 amide bonds. The molecule has 1 rings (SSSR count). The van der Waals surface area contributed by atoms with Gasteiger partial charge in [-0.05, 0) is 17.4 Å². The Labute approximate surface area is 96.5 Å². The minimum Gasteiger partial charge on any atom is -0.384 e. The lowest BCUT2D eigenvalue weighted by Gasteiger charge is -2.08. The van der Waals surface area contributed by atoms with Crippen molar-refractivity contribution in [2.24, 2.45) is 5.92 Å². The van der Waals surface area contributed by atoms with Gasteiger partial charge in [-0.3, -0.25) is 0 Å². The third kappa shape index (κ3) is 3.78. The van der Waals surface area contributed by atoms with Crippen LogP contribution < -0.4 is 5.73 Å². The highest BCUT2D eigenvalue weighted by Gasteiger charge is 2.07. The molecule has 1 aromatic rings. The predicted octanol–water partition coefficient (Wildman–Crippen LogP) is 2.42. The molecule has 4 heteroatoms. The van der Waals surface area contributed by atoms with Gasteiger partial charge in [0.15, 0.2) is 0 Å². The number of aromatic nitrogens is 2. The van der Waals surface area contributed by atoms with Crippen LogP contribution in [0, 0.1) is 5.92 Å². The molecular weight excluding hydrogens is 206 g/mol. The molecule has 0 radical (unpaired) electrons. The number of hydrogen-bond acceptors (Lipinski definition) is 3. The Morgan fingerprint density at radius 3 is 2.87 bits per heavy atom. The van der Waals surface area contributed by atoms with Crippen LogP contribution in [0.2, 0.25) is 0 Å². The zero-order chi connectivity index (χ0) is 11.3. The quantitative estimate of drug-likeness (QED) is 0.759. The predicted molar refractivity (Wildman–Crippen MR) is 68.2 cm³/mol. The normalized spacial score (nSPS) is 11.2. The molecule has 3 nitrogen and oxygen atoms in total. The Morgan fingerprint density at radius 2 is 2.27 bits per heavy atom. The third-order valence-corrected chi connectivity index (χ3v) is 3.11. The maximum atomic E-state index is 6.03. The van der Waals surface area contributed by atoms with Crippen molar-refractivity contribution < 1.29 is 0 Å². The first-order valence-electron chi connectivity index (χ1n) is 5.52. The van der Waals surface area contributed by atoms with Gasteiger partial charge < -0.3 is 10.3 Å². The summed E-state index contributed by atoms with van der Waals surface area (Å²) in [6.45, 7) is 7.50. The lowest BCUT2D eigenvalue weighted by Crippen LogP contribution is -2.07. The van der Waals surface area contributed by atoms with Gasteiger partial charge in [0, 0.05) is 13.0 Å². The van der Waals surface area contributed by atoms with Crippen LogP contribution in [0.25, 0.3) is 0 Å². The van der Waals surface area contributed by atoms with E-state index in [0.717, 1.165) is 36.0 Å². The molecule has 1 aromatic heterocycles. The minimum atomic E-state index is 0.611.